The second kappa shape index (κ2) is 9.56. The fourth-order valence-electron chi connectivity index (χ4n) is 4.82. The first-order chi connectivity index (χ1) is 15.2. The summed E-state index contributed by atoms with van der Waals surface area (Å²) in [6, 6.07) is 16.6. The van der Waals surface area contributed by atoms with Crippen molar-refractivity contribution in [3.63, 3.8) is 0 Å². The van der Waals surface area contributed by atoms with E-state index in [0.29, 0.717) is 12.5 Å². The smallest absolute Gasteiger partial charge is 0.417 e. The molecule has 1 unspecified atom stereocenters. The van der Waals surface area contributed by atoms with Crippen LogP contribution in [0.1, 0.15) is 49.7 Å². The number of unbranched alkanes of at least 4 members (excludes halogenated alkanes) is 2. The van der Waals surface area contributed by atoms with Crippen molar-refractivity contribution in [1.29, 1.82) is 0 Å². The maximum Gasteiger partial charge on any atom is 0.417 e. The second-order valence-corrected chi connectivity index (χ2v) is 8.15. The molecule has 5 heteroatoms. The summed E-state index contributed by atoms with van der Waals surface area (Å²) in [6.07, 6.45) is 5.42. The largest absolute Gasteiger partial charge is 0.482 e. The van der Waals surface area contributed by atoms with Crippen molar-refractivity contribution >= 4 is 6.09 Å². The molecule has 2 aliphatic rings. The van der Waals surface area contributed by atoms with Crippen LogP contribution in [-0.2, 0) is 14.2 Å². The Morgan fingerprint density at radius 3 is 2.19 bits per heavy atom. The zero-order valence-electron chi connectivity index (χ0n) is 18.5. The molecule has 31 heavy (non-hydrogen) atoms. The van der Waals surface area contributed by atoms with Crippen LogP contribution in [0.5, 0.6) is 0 Å². The van der Waals surface area contributed by atoms with Crippen LogP contribution in [0.25, 0.3) is 11.1 Å². The number of carbonyl (C=O) groups is 1. The number of carbonyl (C=O) groups excluding carboxylic acids is 1. The van der Waals surface area contributed by atoms with Gasteiger partial charge in [-0.25, -0.2) is 9.69 Å². The molecule has 2 aromatic carbocycles. The molecule has 0 spiro atoms. The van der Waals surface area contributed by atoms with Crippen LogP contribution in [0.15, 0.2) is 60.5 Å². The average Bonchev–Trinajstić information content (AvgIpc) is 3.33. The molecule has 0 aromatic heterocycles. The molecule has 0 fully saturated rings. The minimum absolute atomic E-state index is 0.0330. The van der Waals surface area contributed by atoms with Gasteiger partial charge in [-0.2, -0.15) is 0 Å². The number of fused-ring (bicyclic) bond motifs is 3. The number of rotatable bonds is 8. The summed E-state index contributed by atoms with van der Waals surface area (Å²) in [5.74, 6) is 0.538. The Labute approximate surface area is 184 Å². The van der Waals surface area contributed by atoms with Crippen LogP contribution in [0.4, 0.5) is 4.79 Å². The molecule has 1 heterocycles. The molecule has 2 atom stereocenters. The minimum Gasteiger partial charge on any atom is -0.482 e. The topological polar surface area (TPSA) is 48.0 Å². The molecule has 0 saturated heterocycles. The first kappa shape index (κ1) is 21.4. The highest BCUT2D eigenvalue weighted by Crippen LogP contribution is 2.44. The maximum absolute atomic E-state index is 13.2. The Bertz CT molecular complexity index is 908. The Morgan fingerprint density at radius 2 is 1.61 bits per heavy atom. The van der Waals surface area contributed by atoms with Crippen molar-refractivity contribution in [2.75, 3.05) is 20.8 Å². The number of hydrogen-bond acceptors (Lipinski definition) is 4. The lowest BCUT2D eigenvalue weighted by Gasteiger charge is -2.29. The summed E-state index contributed by atoms with van der Waals surface area (Å²) in [4.78, 5) is 14.9. The molecular weight excluding hydrogens is 390 g/mol. The fraction of sp³-hybridized carbons (Fsp3) is 0.423. The number of nitrogens with zero attached hydrogens (tertiary/aromatic N) is 1. The van der Waals surface area contributed by atoms with Crippen LogP contribution in [0, 0.1) is 0 Å². The van der Waals surface area contributed by atoms with E-state index in [9.17, 15) is 4.79 Å². The maximum atomic E-state index is 13.2. The minimum atomic E-state index is -0.379. The molecule has 0 N–H and O–H groups in total. The first-order valence-electron chi connectivity index (χ1n) is 11.1. The van der Waals surface area contributed by atoms with Gasteiger partial charge in [0.05, 0.1) is 13.2 Å². The van der Waals surface area contributed by atoms with E-state index in [2.05, 4.69) is 43.3 Å². The van der Waals surface area contributed by atoms with E-state index in [-0.39, 0.29) is 24.2 Å². The van der Waals surface area contributed by atoms with E-state index in [0.717, 1.165) is 25.7 Å². The van der Waals surface area contributed by atoms with Crippen molar-refractivity contribution < 1.29 is 19.0 Å². The quantitative estimate of drug-likeness (QED) is 0.513. The third-order valence-corrected chi connectivity index (χ3v) is 6.37. The molecule has 1 amide bonds. The molecule has 5 nitrogen and oxygen atoms in total. The first-order valence-corrected chi connectivity index (χ1v) is 11.1. The van der Waals surface area contributed by atoms with Crippen LogP contribution < -0.4 is 0 Å². The summed E-state index contributed by atoms with van der Waals surface area (Å²) < 4.78 is 17.0. The summed E-state index contributed by atoms with van der Waals surface area (Å²) >= 11 is 0. The van der Waals surface area contributed by atoms with Gasteiger partial charge in [-0.05, 0) is 28.7 Å². The zero-order valence-corrected chi connectivity index (χ0v) is 18.5. The Hall–Kier alpha value is -2.79. The second-order valence-electron chi connectivity index (χ2n) is 8.15. The van der Waals surface area contributed by atoms with Crippen molar-refractivity contribution in [2.24, 2.45) is 0 Å². The highest BCUT2D eigenvalue weighted by Gasteiger charge is 2.40. The predicted molar refractivity (Wildman–Crippen MR) is 121 cm³/mol. The molecule has 164 valence electrons. The molecule has 0 saturated carbocycles. The summed E-state index contributed by atoms with van der Waals surface area (Å²) in [6.45, 7) is 2.46. The van der Waals surface area contributed by atoms with Gasteiger partial charge in [-0.15, -0.1) is 0 Å². The number of amides is 1. The van der Waals surface area contributed by atoms with Crippen molar-refractivity contribution in [3.8, 4) is 11.1 Å². The Morgan fingerprint density at radius 1 is 0.968 bits per heavy atom. The molecule has 4 rings (SSSR count). The van der Waals surface area contributed by atoms with E-state index in [1.165, 1.54) is 22.3 Å². The van der Waals surface area contributed by atoms with Gasteiger partial charge >= 0.3 is 6.09 Å². The molecule has 2 aromatic rings. The fourth-order valence-corrected chi connectivity index (χ4v) is 4.82. The highest BCUT2D eigenvalue weighted by molar-refractivity contribution is 5.79. The van der Waals surface area contributed by atoms with Gasteiger partial charge in [0, 0.05) is 19.1 Å². The standard InChI is InChI=1S/C26H31NO4/c1-4-5-6-15-23-24(29-2)16-25(30-3)27(23)26(28)31-17-22-20-13-9-7-11-18(20)19-12-8-10-14-21(19)22/h7-14,16,22-24H,4-6,15,17H2,1-3H3/t23-,24?/m0/s1. The van der Waals surface area contributed by atoms with Crippen molar-refractivity contribution in [1.82, 2.24) is 4.90 Å². The third-order valence-electron chi connectivity index (χ3n) is 6.37. The van der Waals surface area contributed by atoms with Gasteiger partial charge in [-0.3, -0.25) is 0 Å². The van der Waals surface area contributed by atoms with Crippen LogP contribution in [0.2, 0.25) is 0 Å². The van der Waals surface area contributed by atoms with E-state index in [4.69, 9.17) is 14.2 Å². The number of methoxy groups -OCH3 is 2. The molecule has 0 bridgehead atoms. The van der Waals surface area contributed by atoms with Crippen LogP contribution in [0.3, 0.4) is 0 Å². The SMILES string of the molecule is CCCCC[C@H]1C(OC)C=C(OC)N1C(=O)OCC1c2ccccc2-c2ccccc21. The molecule has 1 aliphatic heterocycles. The van der Waals surface area contributed by atoms with Gasteiger partial charge in [0.1, 0.15) is 12.7 Å². The summed E-state index contributed by atoms with van der Waals surface area (Å²) in [5, 5.41) is 0. The lowest BCUT2D eigenvalue weighted by atomic mass is 9.98. The van der Waals surface area contributed by atoms with E-state index >= 15 is 0 Å². The Kier molecular flexibility index (Phi) is 6.62. The normalized spacial score (nSPS) is 19.7. The van der Waals surface area contributed by atoms with Gasteiger partial charge in [0.2, 0.25) is 0 Å². The molecular formula is C26H31NO4. The lowest BCUT2D eigenvalue weighted by Crippen LogP contribution is -2.42. The van der Waals surface area contributed by atoms with Crippen LogP contribution >= 0.6 is 0 Å². The number of benzene rings is 2. The third kappa shape index (κ3) is 4.07. The van der Waals surface area contributed by atoms with Gasteiger partial charge in [-0.1, -0.05) is 74.7 Å². The monoisotopic (exact) mass is 421 g/mol. The zero-order chi connectivity index (χ0) is 21.8. The summed E-state index contributed by atoms with van der Waals surface area (Å²) in [7, 11) is 3.25. The van der Waals surface area contributed by atoms with Crippen molar-refractivity contribution in [2.45, 2.75) is 50.7 Å². The van der Waals surface area contributed by atoms with E-state index in [1.54, 1.807) is 19.1 Å². The lowest BCUT2D eigenvalue weighted by molar-refractivity contribution is 0.0382. The van der Waals surface area contributed by atoms with Gasteiger partial charge in [0.15, 0.2) is 5.88 Å². The van der Waals surface area contributed by atoms with E-state index < -0.39 is 0 Å². The Balaban J connectivity index is 1.51. The average molecular weight is 422 g/mol. The number of hydrogen-bond donors (Lipinski definition) is 0. The summed E-state index contributed by atoms with van der Waals surface area (Å²) in [5.41, 5.74) is 4.84. The van der Waals surface area contributed by atoms with Crippen molar-refractivity contribution in [3.05, 3.63) is 71.6 Å². The van der Waals surface area contributed by atoms with Gasteiger partial charge in [0.25, 0.3) is 0 Å². The molecule has 0 radical (unpaired) electrons. The van der Waals surface area contributed by atoms with Gasteiger partial charge < -0.3 is 14.2 Å². The number of ether oxygens (including phenoxy) is 3. The van der Waals surface area contributed by atoms with Crippen LogP contribution in [-0.4, -0.2) is 44.0 Å². The van der Waals surface area contributed by atoms with E-state index in [1.807, 2.05) is 18.2 Å². The highest BCUT2D eigenvalue weighted by atomic mass is 16.6. The predicted octanol–water partition coefficient (Wildman–Crippen LogP) is 5.70. The molecule has 1 aliphatic carbocycles.